The van der Waals surface area contributed by atoms with E-state index in [4.69, 9.17) is 14.9 Å². The second-order valence-electron chi connectivity index (χ2n) is 7.46. The molecule has 1 amide bonds. The highest BCUT2D eigenvalue weighted by atomic mass is 19.3. The van der Waals surface area contributed by atoms with E-state index < -0.39 is 12.7 Å². The Bertz CT molecular complexity index is 892. The lowest BCUT2D eigenvalue weighted by molar-refractivity contribution is -0.0515. The SMILES string of the molecule is C[C@H](N)c1oc(-c2ccc(OC(F)F)c(OCC3CC3)c2)nc1C(=O)N1CCC1. The van der Waals surface area contributed by atoms with Gasteiger partial charge in [-0.1, -0.05) is 0 Å². The number of nitrogens with two attached hydrogens (primary N) is 1. The van der Waals surface area contributed by atoms with E-state index in [1.807, 2.05) is 0 Å². The van der Waals surface area contributed by atoms with Crippen LogP contribution in [0.15, 0.2) is 22.6 Å². The number of aromatic nitrogens is 1. The largest absolute Gasteiger partial charge is 0.489 e. The highest BCUT2D eigenvalue weighted by Gasteiger charge is 2.30. The number of carbonyl (C=O) groups is 1. The second kappa shape index (κ2) is 7.98. The van der Waals surface area contributed by atoms with Crippen LogP contribution in [0.5, 0.6) is 11.5 Å². The Hall–Kier alpha value is -2.68. The minimum atomic E-state index is -2.96. The van der Waals surface area contributed by atoms with Crippen molar-refractivity contribution >= 4 is 5.91 Å². The molecule has 1 aliphatic carbocycles. The van der Waals surface area contributed by atoms with E-state index in [1.54, 1.807) is 11.8 Å². The summed E-state index contributed by atoms with van der Waals surface area (Å²) in [5.74, 6) is 0.823. The van der Waals surface area contributed by atoms with E-state index in [2.05, 4.69) is 9.72 Å². The zero-order chi connectivity index (χ0) is 20.5. The van der Waals surface area contributed by atoms with Crippen LogP contribution < -0.4 is 15.2 Å². The molecule has 1 aromatic carbocycles. The first-order chi connectivity index (χ1) is 13.9. The van der Waals surface area contributed by atoms with Crippen LogP contribution in [-0.4, -0.2) is 42.1 Å². The van der Waals surface area contributed by atoms with Gasteiger partial charge in [0.1, 0.15) is 0 Å². The molecule has 2 N–H and O–H groups in total. The van der Waals surface area contributed by atoms with Crippen LogP contribution in [0.3, 0.4) is 0 Å². The fourth-order valence-corrected chi connectivity index (χ4v) is 3.03. The number of alkyl halides is 2. The molecule has 2 aliphatic rings. The lowest BCUT2D eigenvalue weighted by Crippen LogP contribution is -2.42. The Morgan fingerprint density at radius 2 is 2.10 bits per heavy atom. The number of carbonyl (C=O) groups excluding carboxylic acids is 1. The Kier molecular flexibility index (Phi) is 5.40. The molecule has 9 heteroatoms. The van der Waals surface area contributed by atoms with Gasteiger partial charge >= 0.3 is 6.61 Å². The number of hydrogen-bond donors (Lipinski definition) is 1. The number of nitrogens with zero attached hydrogens (tertiary/aromatic N) is 2. The van der Waals surface area contributed by atoms with Gasteiger partial charge in [-0.2, -0.15) is 8.78 Å². The number of amides is 1. The number of rotatable bonds is 8. The highest BCUT2D eigenvalue weighted by Crippen LogP contribution is 2.37. The summed E-state index contributed by atoms with van der Waals surface area (Å²) < 4.78 is 41.5. The Morgan fingerprint density at radius 1 is 1.34 bits per heavy atom. The molecule has 2 fully saturated rings. The van der Waals surface area contributed by atoms with Gasteiger partial charge in [0.15, 0.2) is 23.0 Å². The predicted octanol–water partition coefficient (Wildman–Crippen LogP) is 3.60. The third-order valence-corrected chi connectivity index (χ3v) is 4.99. The van der Waals surface area contributed by atoms with Gasteiger partial charge in [-0.15, -0.1) is 0 Å². The van der Waals surface area contributed by atoms with E-state index in [0.29, 0.717) is 36.9 Å². The second-order valence-corrected chi connectivity index (χ2v) is 7.46. The van der Waals surface area contributed by atoms with Crippen molar-refractivity contribution in [1.82, 2.24) is 9.88 Å². The topological polar surface area (TPSA) is 90.8 Å². The summed E-state index contributed by atoms with van der Waals surface area (Å²) in [5, 5.41) is 0. The van der Waals surface area contributed by atoms with E-state index in [0.717, 1.165) is 19.3 Å². The van der Waals surface area contributed by atoms with Gasteiger partial charge in [-0.25, -0.2) is 4.98 Å². The maximum Gasteiger partial charge on any atom is 0.387 e. The quantitative estimate of drug-likeness (QED) is 0.719. The number of halogens is 2. The van der Waals surface area contributed by atoms with Gasteiger partial charge in [0.05, 0.1) is 12.6 Å². The third kappa shape index (κ3) is 4.34. The normalized spacial score (nSPS) is 17.2. The molecule has 1 saturated heterocycles. The number of oxazole rings is 1. The van der Waals surface area contributed by atoms with E-state index >= 15 is 0 Å². The molecular formula is C20H23F2N3O4. The Labute approximate surface area is 166 Å². The molecule has 0 unspecified atom stereocenters. The van der Waals surface area contributed by atoms with Crippen LogP contribution in [0.4, 0.5) is 8.78 Å². The van der Waals surface area contributed by atoms with Crippen LogP contribution in [0.2, 0.25) is 0 Å². The van der Waals surface area contributed by atoms with Crippen LogP contribution in [0.25, 0.3) is 11.5 Å². The summed E-state index contributed by atoms with van der Waals surface area (Å²) in [4.78, 5) is 18.7. The van der Waals surface area contributed by atoms with Crippen molar-refractivity contribution in [2.75, 3.05) is 19.7 Å². The molecule has 1 aliphatic heterocycles. The summed E-state index contributed by atoms with van der Waals surface area (Å²) in [6.07, 6.45) is 3.08. The minimum absolute atomic E-state index is 0.0553. The summed E-state index contributed by atoms with van der Waals surface area (Å²) in [6.45, 7) is 0.534. The fourth-order valence-electron chi connectivity index (χ4n) is 3.03. The van der Waals surface area contributed by atoms with Crippen molar-refractivity contribution in [2.24, 2.45) is 11.7 Å². The van der Waals surface area contributed by atoms with Gasteiger partial charge in [0, 0.05) is 18.7 Å². The van der Waals surface area contributed by atoms with Crippen LogP contribution in [0.1, 0.15) is 48.5 Å². The molecule has 1 atom stereocenters. The van der Waals surface area contributed by atoms with Crippen molar-refractivity contribution in [1.29, 1.82) is 0 Å². The number of benzene rings is 1. The molecule has 29 heavy (non-hydrogen) atoms. The van der Waals surface area contributed by atoms with Gasteiger partial charge in [0.25, 0.3) is 5.91 Å². The lowest BCUT2D eigenvalue weighted by atomic mass is 10.1. The molecule has 0 radical (unpaired) electrons. The van der Waals surface area contributed by atoms with E-state index in [-0.39, 0.29) is 29.0 Å². The molecule has 7 nitrogen and oxygen atoms in total. The van der Waals surface area contributed by atoms with Crippen molar-refractivity contribution in [3.8, 4) is 23.0 Å². The zero-order valence-electron chi connectivity index (χ0n) is 16.1. The molecule has 1 aromatic heterocycles. The van der Waals surface area contributed by atoms with Gasteiger partial charge in [-0.3, -0.25) is 4.79 Å². The maximum absolute atomic E-state index is 12.7. The number of hydrogen-bond acceptors (Lipinski definition) is 6. The summed E-state index contributed by atoms with van der Waals surface area (Å²) >= 11 is 0. The first-order valence-corrected chi connectivity index (χ1v) is 9.70. The van der Waals surface area contributed by atoms with Crippen molar-refractivity contribution in [3.63, 3.8) is 0 Å². The standard InChI is InChI=1S/C20H23F2N3O4/c1-11(23)17-16(19(26)25-7-2-8-25)24-18(29-17)13-5-6-14(28-20(21)22)15(9-13)27-10-12-3-4-12/h5-6,9,11-12,20H,2-4,7-8,10,23H2,1H3/t11-/m0/s1. The number of likely N-dealkylation sites (tertiary alicyclic amines) is 1. The fraction of sp³-hybridized carbons (Fsp3) is 0.500. The van der Waals surface area contributed by atoms with Crippen molar-refractivity contribution in [3.05, 3.63) is 29.7 Å². The first-order valence-electron chi connectivity index (χ1n) is 9.70. The molecule has 0 spiro atoms. The van der Waals surface area contributed by atoms with Crippen LogP contribution in [-0.2, 0) is 0 Å². The average Bonchev–Trinajstić information content (AvgIpc) is 3.34. The third-order valence-electron chi connectivity index (χ3n) is 4.99. The van der Waals surface area contributed by atoms with Crippen LogP contribution >= 0.6 is 0 Å². The van der Waals surface area contributed by atoms with Gasteiger partial charge in [0.2, 0.25) is 5.89 Å². The molecule has 156 valence electrons. The van der Waals surface area contributed by atoms with Gasteiger partial charge in [-0.05, 0) is 50.3 Å². The maximum atomic E-state index is 12.7. The van der Waals surface area contributed by atoms with Crippen LogP contribution in [0, 0.1) is 5.92 Å². The summed E-state index contributed by atoms with van der Waals surface area (Å²) in [5.41, 5.74) is 6.64. The zero-order valence-corrected chi connectivity index (χ0v) is 16.1. The number of ether oxygens (including phenoxy) is 2. The molecule has 0 bridgehead atoms. The molecule has 4 rings (SSSR count). The van der Waals surface area contributed by atoms with E-state index in [9.17, 15) is 13.6 Å². The van der Waals surface area contributed by atoms with Crippen molar-refractivity contribution < 1.29 is 27.5 Å². The monoisotopic (exact) mass is 407 g/mol. The Balaban J connectivity index is 1.65. The molecule has 2 heterocycles. The van der Waals surface area contributed by atoms with Crippen molar-refractivity contribution in [2.45, 2.75) is 38.8 Å². The minimum Gasteiger partial charge on any atom is -0.489 e. The molecule has 2 aromatic rings. The highest BCUT2D eigenvalue weighted by molar-refractivity contribution is 5.94. The van der Waals surface area contributed by atoms with Gasteiger partial charge < -0.3 is 24.5 Å². The summed E-state index contributed by atoms with van der Waals surface area (Å²) in [6, 6.07) is 3.94. The average molecular weight is 407 g/mol. The first kappa shape index (κ1) is 19.6. The predicted molar refractivity (Wildman–Crippen MR) is 99.9 cm³/mol. The summed E-state index contributed by atoms with van der Waals surface area (Å²) in [7, 11) is 0. The Morgan fingerprint density at radius 3 is 2.69 bits per heavy atom. The smallest absolute Gasteiger partial charge is 0.387 e. The lowest BCUT2D eigenvalue weighted by Gasteiger charge is -2.30. The van der Waals surface area contributed by atoms with E-state index in [1.165, 1.54) is 18.2 Å². The molecule has 1 saturated carbocycles. The molecular weight excluding hydrogens is 384 g/mol.